The lowest BCUT2D eigenvalue weighted by Gasteiger charge is -2.28. The van der Waals surface area contributed by atoms with Crippen molar-refractivity contribution in [2.75, 3.05) is 18.1 Å². The molecule has 1 aliphatic rings. The molecule has 2 N–H and O–H groups in total. The van der Waals surface area contributed by atoms with E-state index in [-0.39, 0.29) is 18.4 Å². The molecular weight excluding hydrogens is 444 g/mol. The van der Waals surface area contributed by atoms with Crippen molar-refractivity contribution in [3.05, 3.63) is 90.0 Å². The highest BCUT2D eigenvalue weighted by Gasteiger charge is 2.33. The van der Waals surface area contributed by atoms with Crippen LogP contribution in [0.1, 0.15) is 30.9 Å². The summed E-state index contributed by atoms with van der Waals surface area (Å²) in [4.78, 5) is 38.8. The van der Waals surface area contributed by atoms with E-state index in [1.165, 1.54) is 0 Å². The van der Waals surface area contributed by atoms with Crippen LogP contribution in [0.25, 0.3) is 11.1 Å². The Hall–Kier alpha value is -4.13. The maximum absolute atomic E-state index is 13.3. The first-order valence-electron chi connectivity index (χ1n) is 11.6. The minimum absolute atomic E-state index is 0.103. The number of hydrogen-bond donors (Lipinski definition) is 2. The average molecular weight is 473 g/mol. The number of carbonyl (C=O) groups excluding carboxylic acids is 2. The summed E-state index contributed by atoms with van der Waals surface area (Å²) in [5.74, 6) is -2.05. The van der Waals surface area contributed by atoms with Gasteiger partial charge in [0.2, 0.25) is 5.91 Å². The lowest BCUT2D eigenvalue weighted by molar-refractivity contribution is -0.137. The Labute approximate surface area is 204 Å². The highest BCUT2D eigenvalue weighted by Crippen LogP contribution is 2.44. The smallest absolute Gasteiger partial charge is 0.407 e. The number of amides is 2. The minimum Gasteiger partial charge on any atom is -0.480 e. The van der Waals surface area contributed by atoms with Gasteiger partial charge in [-0.3, -0.25) is 14.5 Å². The van der Waals surface area contributed by atoms with Crippen LogP contribution in [0, 0.1) is 5.92 Å². The molecule has 7 nitrogen and oxygen atoms in total. The van der Waals surface area contributed by atoms with Crippen LogP contribution in [0.3, 0.4) is 0 Å². The molecule has 0 aliphatic heterocycles. The second kappa shape index (κ2) is 10.4. The van der Waals surface area contributed by atoms with Gasteiger partial charge < -0.3 is 15.2 Å². The summed E-state index contributed by atoms with van der Waals surface area (Å²) in [5.41, 5.74) is 4.88. The normalized spacial score (nSPS) is 13.0. The number of anilines is 1. The third-order valence-corrected chi connectivity index (χ3v) is 6.18. The number of nitrogens with zero attached hydrogens (tertiary/aromatic N) is 1. The first-order chi connectivity index (χ1) is 16.9. The fraction of sp³-hybridized carbons (Fsp3) is 0.250. The van der Waals surface area contributed by atoms with E-state index in [9.17, 15) is 19.5 Å². The van der Waals surface area contributed by atoms with Gasteiger partial charge in [-0.05, 0) is 40.3 Å². The number of carboxylic acids is 1. The maximum atomic E-state index is 13.3. The number of fused-ring (bicyclic) bond motifs is 3. The van der Waals surface area contributed by atoms with Gasteiger partial charge in [-0.1, -0.05) is 80.6 Å². The number of nitrogens with one attached hydrogen (secondary N) is 1. The molecule has 0 radical (unpaired) electrons. The molecule has 0 saturated heterocycles. The van der Waals surface area contributed by atoms with Gasteiger partial charge in [-0.2, -0.15) is 0 Å². The van der Waals surface area contributed by atoms with Crippen molar-refractivity contribution in [3.63, 3.8) is 0 Å². The van der Waals surface area contributed by atoms with E-state index < -0.39 is 30.6 Å². The molecule has 0 saturated carbocycles. The lowest BCUT2D eigenvalue weighted by Crippen LogP contribution is -2.52. The number of carboxylic acid groups (broad SMARTS) is 1. The number of benzene rings is 3. The Balaban J connectivity index is 1.48. The predicted molar refractivity (Wildman–Crippen MR) is 133 cm³/mol. The third-order valence-electron chi connectivity index (χ3n) is 6.18. The molecule has 0 aromatic heterocycles. The number of para-hydroxylation sites is 1. The Kier molecular flexibility index (Phi) is 7.15. The van der Waals surface area contributed by atoms with Crippen LogP contribution in [-0.2, 0) is 14.3 Å². The summed E-state index contributed by atoms with van der Waals surface area (Å²) in [7, 11) is 0. The summed E-state index contributed by atoms with van der Waals surface area (Å²) in [6.45, 7) is 3.18. The van der Waals surface area contributed by atoms with Gasteiger partial charge in [0.05, 0.1) is 0 Å². The third kappa shape index (κ3) is 5.19. The largest absolute Gasteiger partial charge is 0.480 e. The fourth-order valence-electron chi connectivity index (χ4n) is 4.49. The van der Waals surface area contributed by atoms with E-state index in [1.807, 2.05) is 36.4 Å². The number of hydrogen-bond acceptors (Lipinski definition) is 4. The van der Waals surface area contributed by atoms with Crippen molar-refractivity contribution in [2.24, 2.45) is 5.92 Å². The monoisotopic (exact) mass is 472 g/mol. The van der Waals surface area contributed by atoms with Crippen LogP contribution < -0.4 is 10.2 Å². The average Bonchev–Trinajstić information content (AvgIpc) is 3.18. The fourth-order valence-corrected chi connectivity index (χ4v) is 4.49. The van der Waals surface area contributed by atoms with Gasteiger partial charge in [0.15, 0.2) is 0 Å². The molecule has 3 aromatic rings. The van der Waals surface area contributed by atoms with Crippen molar-refractivity contribution in [1.29, 1.82) is 0 Å². The Morgan fingerprint density at radius 2 is 1.43 bits per heavy atom. The summed E-state index contributed by atoms with van der Waals surface area (Å²) in [5, 5.41) is 12.0. The van der Waals surface area contributed by atoms with Gasteiger partial charge in [0, 0.05) is 11.6 Å². The van der Waals surface area contributed by atoms with Crippen LogP contribution in [0.2, 0.25) is 0 Å². The van der Waals surface area contributed by atoms with Crippen LogP contribution in [0.4, 0.5) is 10.5 Å². The lowest BCUT2D eigenvalue weighted by atomic mass is 9.98. The topological polar surface area (TPSA) is 95.9 Å². The maximum Gasteiger partial charge on any atom is 0.407 e. The quantitative estimate of drug-likeness (QED) is 0.497. The molecule has 35 heavy (non-hydrogen) atoms. The molecule has 0 bridgehead atoms. The number of carbonyl (C=O) groups is 3. The Bertz CT molecular complexity index is 1180. The number of alkyl carbamates (subject to hydrolysis) is 1. The Morgan fingerprint density at radius 1 is 0.886 bits per heavy atom. The Morgan fingerprint density at radius 3 is 1.97 bits per heavy atom. The molecule has 3 aromatic carbocycles. The molecule has 180 valence electrons. The van der Waals surface area contributed by atoms with E-state index in [4.69, 9.17) is 4.74 Å². The van der Waals surface area contributed by atoms with Crippen molar-refractivity contribution in [1.82, 2.24) is 5.32 Å². The predicted octanol–water partition coefficient (Wildman–Crippen LogP) is 4.67. The van der Waals surface area contributed by atoms with Gasteiger partial charge >= 0.3 is 12.1 Å². The molecule has 0 heterocycles. The van der Waals surface area contributed by atoms with Crippen LogP contribution in [-0.4, -0.2) is 42.3 Å². The zero-order chi connectivity index (χ0) is 24.9. The molecule has 0 unspecified atom stereocenters. The molecule has 4 rings (SSSR count). The van der Waals surface area contributed by atoms with Crippen molar-refractivity contribution >= 4 is 23.7 Å². The van der Waals surface area contributed by atoms with Gasteiger partial charge in [0.25, 0.3) is 0 Å². The SMILES string of the molecule is CC(C)[C@@H](NC(=O)OCC1c2ccccc2-c2ccccc21)C(=O)N(CC(=O)O)c1ccccc1. The second-order valence-corrected chi connectivity index (χ2v) is 8.85. The van der Waals surface area contributed by atoms with E-state index >= 15 is 0 Å². The standard InChI is InChI=1S/C28H28N2O5/c1-18(2)26(27(33)30(16-25(31)32)19-10-4-3-5-11-19)29-28(34)35-17-24-22-14-8-6-12-20(22)21-13-7-9-15-23(21)24/h3-15,18,24,26H,16-17H2,1-2H3,(H,29,34)(H,31,32)/t26-/m1/s1. The van der Waals surface area contributed by atoms with Crippen LogP contribution in [0.5, 0.6) is 0 Å². The molecular formula is C28H28N2O5. The van der Waals surface area contributed by atoms with Gasteiger partial charge in [0.1, 0.15) is 19.2 Å². The van der Waals surface area contributed by atoms with Gasteiger partial charge in [-0.15, -0.1) is 0 Å². The van der Waals surface area contributed by atoms with Crippen LogP contribution in [0.15, 0.2) is 78.9 Å². The summed E-state index contributed by atoms with van der Waals surface area (Å²) >= 11 is 0. The van der Waals surface area contributed by atoms with Gasteiger partial charge in [-0.25, -0.2) is 4.79 Å². The van der Waals surface area contributed by atoms with E-state index in [2.05, 4.69) is 17.4 Å². The number of rotatable bonds is 8. The highest BCUT2D eigenvalue weighted by molar-refractivity contribution is 6.01. The summed E-state index contributed by atoms with van der Waals surface area (Å²) in [6.07, 6.45) is -0.720. The minimum atomic E-state index is -1.15. The number of ether oxygens (including phenoxy) is 1. The first kappa shape index (κ1) is 24.0. The van der Waals surface area contributed by atoms with E-state index in [1.54, 1.807) is 44.2 Å². The zero-order valence-electron chi connectivity index (χ0n) is 19.7. The van der Waals surface area contributed by atoms with E-state index in [0.29, 0.717) is 5.69 Å². The van der Waals surface area contributed by atoms with Crippen molar-refractivity contribution in [3.8, 4) is 11.1 Å². The van der Waals surface area contributed by atoms with Crippen LogP contribution >= 0.6 is 0 Å². The molecule has 1 aliphatic carbocycles. The van der Waals surface area contributed by atoms with E-state index in [0.717, 1.165) is 27.2 Å². The first-order valence-corrected chi connectivity index (χ1v) is 11.6. The van der Waals surface area contributed by atoms with Crippen molar-refractivity contribution in [2.45, 2.75) is 25.8 Å². The number of aliphatic carboxylic acids is 1. The summed E-state index contributed by atoms with van der Waals surface area (Å²) in [6, 6.07) is 23.7. The molecule has 7 heteroatoms. The molecule has 1 atom stereocenters. The molecule has 0 fully saturated rings. The second-order valence-electron chi connectivity index (χ2n) is 8.85. The van der Waals surface area contributed by atoms with Crippen molar-refractivity contribution < 1.29 is 24.2 Å². The molecule has 0 spiro atoms. The highest BCUT2D eigenvalue weighted by atomic mass is 16.5. The molecule has 2 amide bonds. The zero-order valence-corrected chi connectivity index (χ0v) is 19.7. The summed E-state index contributed by atoms with van der Waals surface area (Å²) < 4.78 is 5.60.